The number of nitrogens with one attached hydrogen (secondary N) is 1. The molecular formula is C29H37N5O9. The smallest absolute Gasteiger partial charge is 0.409 e. The molecule has 0 unspecified atom stereocenters. The summed E-state index contributed by atoms with van der Waals surface area (Å²) in [6, 6.07) is 8.75. The summed E-state index contributed by atoms with van der Waals surface area (Å²) in [4.78, 5) is 74.2. The Kier molecular flexibility index (Phi) is 11.4. The van der Waals surface area contributed by atoms with Gasteiger partial charge in [0.05, 0.1) is 6.61 Å². The van der Waals surface area contributed by atoms with E-state index in [1.54, 1.807) is 58.0 Å². The van der Waals surface area contributed by atoms with Crippen LogP contribution in [0.4, 0.5) is 4.79 Å². The molecule has 0 spiro atoms. The Morgan fingerprint density at radius 2 is 1.65 bits per heavy atom. The van der Waals surface area contributed by atoms with Crippen molar-refractivity contribution in [3.8, 4) is 17.3 Å². The molecule has 0 radical (unpaired) electrons. The Labute approximate surface area is 249 Å². The number of nitrogens with zero attached hydrogens (tertiary/aromatic N) is 4. The number of amides is 3. The second-order valence-electron chi connectivity index (χ2n) is 10.6. The summed E-state index contributed by atoms with van der Waals surface area (Å²) < 4.78 is 15.6. The summed E-state index contributed by atoms with van der Waals surface area (Å²) in [6.07, 6.45) is -0.678. The van der Waals surface area contributed by atoms with Gasteiger partial charge in [-0.2, -0.15) is 4.98 Å². The van der Waals surface area contributed by atoms with Crippen LogP contribution in [0.2, 0.25) is 0 Å². The molecule has 14 nitrogen and oxygen atoms in total. The molecule has 2 heterocycles. The second kappa shape index (κ2) is 14.9. The molecule has 3 amide bonds. The normalized spacial score (nSPS) is 14.0. The van der Waals surface area contributed by atoms with E-state index in [0.29, 0.717) is 5.56 Å². The van der Waals surface area contributed by atoms with Gasteiger partial charge in [-0.15, -0.1) is 0 Å². The van der Waals surface area contributed by atoms with Gasteiger partial charge in [0, 0.05) is 44.2 Å². The highest BCUT2D eigenvalue weighted by Crippen LogP contribution is 2.20. The number of aromatic nitrogens is 2. The van der Waals surface area contributed by atoms with Crippen LogP contribution >= 0.6 is 0 Å². The van der Waals surface area contributed by atoms with Crippen LogP contribution in [0.25, 0.3) is 11.4 Å². The minimum absolute atomic E-state index is 0.0590. The first-order valence-electron chi connectivity index (χ1n) is 13.9. The number of benzene rings is 1. The fourth-order valence-corrected chi connectivity index (χ4v) is 4.16. The largest absolute Gasteiger partial charge is 0.479 e. The molecule has 1 fully saturated rings. The molecule has 1 aliphatic heterocycles. The van der Waals surface area contributed by atoms with Gasteiger partial charge < -0.3 is 34.4 Å². The minimum atomic E-state index is -1.23. The topological polar surface area (TPSA) is 178 Å². The van der Waals surface area contributed by atoms with Crippen LogP contribution in [0.5, 0.6) is 5.88 Å². The number of carbonyl (C=O) groups is 5. The van der Waals surface area contributed by atoms with Crippen molar-refractivity contribution in [2.45, 2.75) is 52.2 Å². The average molecular weight is 600 g/mol. The van der Waals surface area contributed by atoms with Gasteiger partial charge in [0.1, 0.15) is 17.3 Å². The van der Waals surface area contributed by atoms with Crippen molar-refractivity contribution in [3.63, 3.8) is 0 Å². The Balaban J connectivity index is 1.83. The highest BCUT2D eigenvalue weighted by molar-refractivity contribution is 5.97. The monoisotopic (exact) mass is 599 g/mol. The fourth-order valence-electron chi connectivity index (χ4n) is 4.16. The standard InChI is InChI=1S/C29H37N5O9/c1-5-41-28(40)34-15-13-33(14-16-34)27(39)20(11-12-24(37)43-29(2,3)4)31-26(38)21-17-22(42-18-23(35)36)32-25(30-21)19-9-7-6-8-10-19/h6-10,17,20H,5,11-16,18H2,1-4H3,(H,31,38)(H,35,36)/t20-/m0/s1. The Morgan fingerprint density at radius 3 is 2.26 bits per heavy atom. The molecule has 3 rings (SSSR count). The number of hydrogen-bond donors (Lipinski definition) is 2. The Bertz CT molecular complexity index is 1310. The third-order valence-corrected chi connectivity index (χ3v) is 6.09. The van der Waals surface area contributed by atoms with Crippen molar-refractivity contribution in [1.82, 2.24) is 25.1 Å². The molecule has 1 aromatic heterocycles. The van der Waals surface area contributed by atoms with Crippen LogP contribution in [0.1, 0.15) is 51.0 Å². The van der Waals surface area contributed by atoms with Gasteiger partial charge in [-0.3, -0.25) is 14.4 Å². The number of carboxylic acids is 1. The number of ether oxygens (including phenoxy) is 3. The molecule has 43 heavy (non-hydrogen) atoms. The average Bonchev–Trinajstić information content (AvgIpc) is 2.97. The van der Waals surface area contributed by atoms with Crippen molar-refractivity contribution in [2.75, 3.05) is 39.4 Å². The molecule has 0 bridgehead atoms. The van der Waals surface area contributed by atoms with Gasteiger partial charge in [-0.25, -0.2) is 14.6 Å². The maximum atomic E-state index is 13.6. The molecule has 1 aliphatic rings. The number of carboxylic acid groups (broad SMARTS) is 1. The van der Waals surface area contributed by atoms with Crippen molar-refractivity contribution in [2.24, 2.45) is 0 Å². The summed E-state index contributed by atoms with van der Waals surface area (Å²) in [5.74, 6) is -3.01. The first-order valence-corrected chi connectivity index (χ1v) is 13.9. The molecule has 1 aromatic carbocycles. The zero-order chi connectivity index (χ0) is 31.6. The lowest BCUT2D eigenvalue weighted by atomic mass is 10.1. The van der Waals surface area contributed by atoms with E-state index in [9.17, 15) is 24.0 Å². The Morgan fingerprint density at radius 1 is 1.00 bits per heavy atom. The highest BCUT2D eigenvalue weighted by atomic mass is 16.6. The van der Waals surface area contributed by atoms with Crippen molar-refractivity contribution in [1.29, 1.82) is 0 Å². The summed E-state index contributed by atoms with van der Waals surface area (Å²) >= 11 is 0. The van der Waals surface area contributed by atoms with Gasteiger partial charge in [0.2, 0.25) is 11.8 Å². The maximum absolute atomic E-state index is 13.6. The molecule has 2 N–H and O–H groups in total. The zero-order valence-corrected chi connectivity index (χ0v) is 24.7. The number of aliphatic carboxylic acids is 1. The van der Waals surface area contributed by atoms with E-state index in [2.05, 4.69) is 15.3 Å². The van der Waals surface area contributed by atoms with Crippen LogP contribution in [0, 0.1) is 0 Å². The SMILES string of the molecule is CCOC(=O)N1CCN(C(=O)[C@H](CCC(=O)OC(C)(C)C)NC(=O)c2cc(OCC(=O)O)nc(-c3ccccc3)n2)CC1. The minimum Gasteiger partial charge on any atom is -0.479 e. The van der Waals surface area contributed by atoms with E-state index in [0.717, 1.165) is 0 Å². The molecule has 2 aromatic rings. The van der Waals surface area contributed by atoms with Gasteiger partial charge in [0.15, 0.2) is 12.4 Å². The predicted molar refractivity (Wildman–Crippen MR) is 152 cm³/mol. The van der Waals surface area contributed by atoms with Crippen LogP contribution in [0.3, 0.4) is 0 Å². The molecular weight excluding hydrogens is 562 g/mol. The van der Waals surface area contributed by atoms with Crippen LogP contribution < -0.4 is 10.1 Å². The van der Waals surface area contributed by atoms with Crippen molar-refractivity contribution < 1.29 is 43.3 Å². The molecule has 0 saturated carbocycles. The third-order valence-electron chi connectivity index (χ3n) is 6.09. The molecule has 232 valence electrons. The number of carbonyl (C=O) groups excluding carboxylic acids is 4. The first-order chi connectivity index (χ1) is 20.4. The van der Waals surface area contributed by atoms with E-state index < -0.39 is 48.1 Å². The molecule has 0 aliphatic carbocycles. The number of piperazine rings is 1. The third kappa shape index (κ3) is 10.2. The summed E-state index contributed by atoms with van der Waals surface area (Å²) in [7, 11) is 0. The van der Waals surface area contributed by atoms with Crippen LogP contribution in [-0.2, 0) is 23.9 Å². The van der Waals surface area contributed by atoms with Crippen LogP contribution in [0.15, 0.2) is 36.4 Å². The van der Waals surface area contributed by atoms with Gasteiger partial charge in [0.25, 0.3) is 5.91 Å². The number of rotatable bonds is 11. The highest BCUT2D eigenvalue weighted by Gasteiger charge is 2.32. The van der Waals surface area contributed by atoms with E-state index >= 15 is 0 Å². The van der Waals surface area contributed by atoms with Gasteiger partial charge >= 0.3 is 18.0 Å². The lowest BCUT2D eigenvalue weighted by Gasteiger charge is -2.36. The van der Waals surface area contributed by atoms with Gasteiger partial charge in [-0.05, 0) is 34.1 Å². The first kappa shape index (κ1) is 32.8. The quantitative estimate of drug-likeness (QED) is 0.362. The van der Waals surface area contributed by atoms with Crippen molar-refractivity contribution >= 4 is 29.8 Å². The molecule has 14 heteroatoms. The lowest BCUT2D eigenvalue weighted by Crippen LogP contribution is -2.56. The van der Waals surface area contributed by atoms with Crippen LogP contribution in [-0.4, -0.2) is 106 Å². The maximum Gasteiger partial charge on any atom is 0.409 e. The van der Waals surface area contributed by atoms with Gasteiger partial charge in [-0.1, -0.05) is 30.3 Å². The number of esters is 1. The van der Waals surface area contributed by atoms with E-state index in [1.807, 2.05) is 0 Å². The summed E-state index contributed by atoms with van der Waals surface area (Å²) in [5, 5.41) is 11.7. The second-order valence-corrected chi connectivity index (χ2v) is 10.6. The van der Waals surface area contributed by atoms with Crippen molar-refractivity contribution in [3.05, 3.63) is 42.1 Å². The fraction of sp³-hybridized carbons (Fsp3) is 0.483. The summed E-state index contributed by atoms with van der Waals surface area (Å²) in [5.41, 5.74) is -0.351. The molecule has 1 saturated heterocycles. The predicted octanol–water partition coefficient (Wildman–Crippen LogP) is 2.13. The molecule has 1 atom stereocenters. The zero-order valence-electron chi connectivity index (χ0n) is 24.7. The van der Waals surface area contributed by atoms with E-state index in [-0.39, 0.29) is 63.0 Å². The lowest BCUT2D eigenvalue weighted by molar-refractivity contribution is -0.155. The Hall–Kier alpha value is -4.75. The van der Waals surface area contributed by atoms with E-state index in [4.69, 9.17) is 19.3 Å². The number of hydrogen-bond acceptors (Lipinski definition) is 10. The summed E-state index contributed by atoms with van der Waals surface area (Å²) in [6.45, 7) is 7.31. The van der Waals surface area contributed by atoms with E-state index in [1.165, 1.54) is 15.9 Å².